The van der Waals surface area contributed by atoms with Gasteiger partial charge in [0.2, 0.25) is 5.91 Å². The van der Waals surface area contributed by atoms with Gasteiger partial charge in [-0.1, -0.05) is 12.1 Å². The molecule has 0 spiro atoms. The molecule has 1 fully saturated rings. The number of fused-ring (bicyclic) bond motifs is 1. The summed E-state index contributed by atoms with van der Waals surface area (Å²) in [6.07, 6.45) is -1.55. The van der Waals surface area contributed by atoms with Crippen LogP contribution in [-0.2, 0) is 15.8 Å². The van der Waals surface area contributed by atoms with E-state index in [1.807, 2.05) is 19.9 Å². The second-order valence-corrected chi connectivity index (χ2v) is 7.68. The van der Waals surface area contributed by atoms with Crippen molar-refractivity contribution in [1.29, 1.82) is 0 Å². The zero-order valence-corrected chi connectivity index (χ0v) is 16.4. The van der Waals surface area contributed by atoms with Gasteiger partial charge in [0.1, 0.15) is 0 Å². The molecule has 0 saturated heterocycles. The molecule has 2 amide bonds. The Hall–Kier alpha value is -3.29. The van der Waals surface area contributed by atoms with Crippen LogP contribution in [0.3, 0.4) is 0 Å². The quantitative estimate of drug-likeness (QED) is 0.576. The molecule has 1 heterocycles. The highest BCUT2D eigenvalue weighted by Crippen LogP contribution is 2.44. The van der Waals surface area contributed by atoms with Gasteiger partial charge in [0, 0.05) is 23.4 Å². The molecule has 0 unspecified atom stereocenters. The highest BCUT2D eigenvalue weighted by atomic mass is 19.4. The minimum absolute atomic E-state index is 0.0245. The third kappa shape index (κ3) is 3.77. The summed E-state index contributed by atoms with van der Waals surface area (Å²) in [5.41, 5.74) is 7.26. The lowest BCUT2D eigenvalue weighted by atomic mass is 10.1. The van der Waals surface area contributed by atoms with E-state index in [4.69, 9.17) is 0 Å². The Balaban J connectivity index is 1.75. The molecule has 0 atom stereocenters. The highest BCUT2D eigenvalue weighted by molar-refractivity contribution is 6.35. The molecule has 0 radical (unpaired) electrons. The van der Waals surface area contributed by atoms with Gasteiger partial charge in [-0.3, -0.25) is 19.9 Å². The second kappa shape index (κ2) is 7.19. The number of aryl methyl sites for hydroxylation is 2. The Kier molecular flexibility index (Phi) is 4.80. The zero-order chi connectivity index (χ0) is 21.6. The smallest absolute Gasteiger partial charge is 0.305 e. The predicted octanol–water partition coefficient (Wildman–Crippen LogP) is 4.37. The van der Waals surface area contributed by atoms with Crippen LogP contribution in [0.2, 0.25) is 0 Å². The Morgan fingerprint density at radius 2 is 1.77 bits per heavy atom. The fraction of sp³-hybridized carbons (Fsp3) is 0.273. The van der Waals surface area contributed by atoms with E-state index in [9.17, 15) is 22.8 Å². The van der Waals surface area contributed by atoms with Crippen LogP contribution in [0.25, 0.3) is 5.57 Å². The highest BCUT2D eigenvalue weighted by Gasteiger charge is 2.38. The van der Waals surface area contributed by atoms with E-state index in [0.717, 1.165) is 36.1 Å². The van der Waals surface area contributed by atoms with E-state index in [-0.39, 0.29) is 23.1 Å². The maximum atomic E-state index is 13.3. The van der Waals surface area contributed by atoms with Crippen molar-refractivity contribution in [2.75, 3.05) is 4.90 Å². The first kappa shape index (κ1) is 20.0. The lowest BCUT2D eigenvalue weighted by Crippen LogP contribution is -2.35. The van der Waals surface area contributed by atoms with Crippen molar-refractivity contribution >= 4 is 28.8 Å². The molecule has 0 aromatic heterocycles. The molecule has 4 rings (SSSR count). The second-order valence-electron chi connectivity index (χ2n) is 7.68. The van der Waals surface area contributed by atoms with Gasteiger partial charge in [-0.2, -0.15) is 13.2 Å². The van der Waals surface area contributed by atoms with Crippen LogP contribution >= 0.6 is 0 Å². The number of halogens is 3. The topological polar surface area (TPSA) is 61.4 Å². The Bertz CT molecular complexity index is 1050. The maximum absolute atomic E-state index is 13.3. The summed E-state index contributed by atoms with van der Waals surface area (Å²) in [7, 11) is 0. The number of hydrazine groups is 1. The number of carbonyl (C=O) groups is 2. The lowest BCUT2D eigenvalue weighted by molar-refractivity contribution is -0.137. The molecular formula is C22H20F3N3O2. The van der Waals surface area contributed by atoms with Crippen LogP contribution in [0.15, 0.2) is 42.6 Å². The first-order chi connectivity index (χ1) is 14.1. The number of carbonyl (C=O) groups excluding carboxylic acids is 2. The summed E-state index contributed by atoms with van der Waals surface area (Å²) in [6, 6.07) is 8.64. The number of alkyl halides is 3. The fourth-order valence-electron chi connectivity index (χ4n) is 3.57. The van der Waals surface area contributed by atoms with Gasteiger partial charge in [0.05, 0.1) is 16.8 Å². The van der Waals surface area contributed by atoms with Crippen molar-refractivity contribution in [2.45, 2.75) is 32.9 Å². The molecule has 1 aliphatic carbocycles. The van der Waals surface area contributed by atoms with E-state index in [1.165, 1.54) is 17.2 Å². The van der Waals surface area contributed by atoms with Gasteiger partial charge >= 0.3 is 6.18 Å². The van der Waals surface area contributed by atoms with Crippen LogP contribution < -0.4 is 15.8 Å². The van der Waals surface area contributed by atoms with Gasteiger partial charge in [-0.05, 0) is 62.1 Å². The standard InChI is InChI=1S/C22H20F3N3O2/c1-12-7-13(2)9-16(8-12)28-19-10-15(22(23,24)25)5-6-17(19)18(21(28)30)11-26-27-20(29)14-3-4-14/h5-11,14,26H,3-4H2,1-2H3,(H,27,29)/b18-11-. The molecule has 1 aliphatic heterocycles. The minimum Gasteiger partial charge on any atom is -0.305 e. The van der Waals surface area contributed by atoms with Crippen molar-refractivity contribution in [3.05, 3.63) is 64.9 Å². The summed E-state index contributed by atoms with van der Waals surface area (Å²) in [5.74, 6) is -0.665. The van der Waals surface area contributed by atoms with E-state index in [1.54, 1.807) is 12.1 Å². The Labute approximate surface area is 171 Å². The number of amides is 2. The molecule has 156 valence electrons. The van der Waals surface area contributed by atoms with Crippen molar-refractivity contribution in [3.63, 3.8) is 0 Å². The molecule has 8 heteroatoms. The van der Waals surface area contributed by atoms with Gasteiger partial charge in [-0.25, -0.2) is 0 Å². The van der Waals surface area contributed by atoms with Gasteiger partial charge < -0.3 is 5.43 Å². The normalized spacial score (nSPS) is 17.3. The molecule has 2 aromatic carbocycles. The van der Waals surface area contributed by atoms with E-state index in [2.05, 4.69) is 10.9 Å². The molecule has 0 bridgehead atoms. The van der Waals surface area contributed by atoms with Crippen LogP contribution in [0.1, 0.15) is 35.1 Å². The molecule has 1 saturated carbocycles. The van der Waals surface area contributed by atoms with Gasteiger partial charge in [0.25, 0.3) is 5.91 Å². The molecule has 2 aromatic rings. The number of rotatable bonds is 4. The number of nitrogens with zero attached hydrogens (tertiary/aromatic N) is 1. The number of anilines is 2. The van der Waals surface area contributed by atoms with E-state index >= 15 is 0 Å². The summed E-state index contributed by atoms with van der Waals surface area (Å²) >= 11 is 0. The SMILES string of the molecule is Cc1cc(C)cc(N2C(=O)/C(=C\NNC(=O)C3CC3)c3ccc(C(F)(F)F)cc32)c1. The van der Waals surface area contributed by atoms with Crippen molar-refractivity contribution in [3.8, 4) is 0 Å². The summed E-state index contributed by atoms with van der Waals surface area (Å²) in [4.78, 5) is 26.3. The molecular weight excluding hydrogens is 395 g/mol. The Morgan fingerprint density at radius 1 is 1.10 bits per heavy atom. The molecule has 2 N–H and O–H groups in total. The average Bonchev–Trinajstić information content (AvgIpc) is 3.45. The summed E-state index contributed by atoms with van der Waals surface area (Å²) in [5, 5.41) is 0. The molecule has 30 heavy (non-hydrogen) atoms. The number of benzene rings is 2. The van der Waals surface area contributed by atoms with Crippen LogP contribution in [0, 0.1) is 19.8 Å². The Morgan fingerprint density at radius 3 is 2.37 bits per heavy atom. The molecule has 2 aliphatic rings. The third-order valence-electron chi connectivity index (χ3n) is 5.11. The molecule has 5 nitrogen and oxygen atoms in total. The third-order valence-corrected chi connectivity index (χ3v) is 5.11. The first-order valence-corrected chi connectivity index (χ1v) is 9.55. The van der Waals surface area contributed by atoms with E-state index < -0.39 is 17.6 Å². The number of nitrogens with one attached hydrogen (secondary N) is 2. The van der Waals surface area contributed by atoms with Crippen molar-refractivity contribution < 1.29 is 22.8 Å². The number of hydrogen-bond donors (Lipinski definition) is 2. The van der Waals surface area contributed by atoms with Crippen LogP contribution in [0.4, 0.5) is 24.5 Å². The van der Waals surface area contributed by atoms with Gasteiger partial charge in [0.15, 0.2) is 0 Å². The average molecular weight is 415 g/mol. The van der Waals surface area contributed by atoms with E-state index in [0.29, 0.717) is 11.3 Å². The zero-order valence-electron chi connectivity index (χ0n) is 16.4. The fourth-order valence-corrected chi connectivity index (χ4v) is 3.57. The van der Waals surface area contributed by atoms with Crippen LogP contribution in [-0.4, -0.2) is 11.8 Å². The van der Waals surface area contributed by atoms with Crippen LogP contribution in [0.5, 0.6) is 0 Å². The summed E-state index contributed by atoms with van der Waals surface area (Å²) < 4.78 is 39.9. The maximum Gasteiger partial charge on any atom is 0.416 e. The lowest BCUT2D eigenvalue weighted by Gasteiger charge is -2.19. The predicted molar refractivity (Wildman–Crippen MR) is 106 cm³/mol. The van der Waals surface area contributed by atoms with Gasteiger partial charge in [-0.15, -0.1) is 0 Å². The monoisotopic (exact) mass is 415 g/mol. The minimum atomic E-state index is -4.53. The van der Waals surface area contributed by atoms with Crippen molar-refractivity contribution in [2.24, 2.45) is 5.92 Å². The van der Waals surface area contributed by atoms with Crippen molar-refractivity contribution in [1.82, 2.24) is 10.9 Å². The number of hydrogen-bond acceptors (Lipinski definition) is 3. The largest absolute Gasteiger partial charge is 0.416 e. The first-order valence-electron chi connectivity index (χ1n) is 9.55. The summed E-state index contributed by atoms with van der Waals surface area (Å²) in [6.45, 7) is 3.71.